The molecule has 0 bridgehead atoms. The molecule has 1 saturated carbocycles. The van der Waals surface area contributed by atoms with Crippen LogP contribution in [0, 0.1) is 0 Å². The minimum absolute atomic E-state index is 0.355. The van der Waals surface area contributed by atoms with Crippen LogP contribution in [0.5, 0.6) is 0 Å². The lowest BCUT2D eigenvalue weighted by Gasteiger charge is -2.15. The fourth-order valence-corrected chi connectivity index (χ4v) is 3.62. The molecule has 2 aromatic carbocycles. The Labute approximate surface area is 123 Å². The number of thioether (sulfide) groups is 1. The Balaban J connectivity index is 1.66. The van der Waals surface area contributed by atoms with Gasteiger partial charge >= 0.3 is 0 Å². The lowest BCUT2D eigenvalue weighted by molar-refractivity contribution is 0.1000. The van der Waals surface area contributed by atoms with Gasteiger partial charge < -0.3 is 5.73 Å². The highest BCUT2D eigenvalue weighted by Gasteiger charge is 2.43. The zero-order chi connectivity index (χ0) is 14.0. The fourth-order valence-electron chi connectivity index (χ4n) is 2.40. The van der Waals surface area contributed by atoms with Crippen LogP contribution < -0.4 is 5.73 Å². The average Bonchev–Trinajstić information content (AvgIpc) is 3.28. The van der Waals surface area contributed by atoms with Gasteiger partial charge in [0.1, 0.15) is 0 Å². The number of rotatable bonds is 5. The van der Waals surface area contributed by atoms with Crippen molar-refractivity contribution in [1.82, 2.24) is 0 Å². The first kappa shape index (κ1) is 13.3. The van der Waals surface area contributed by atoms with Gasteiger partial charge in [0.2, 0.25) is 5.91 Å². The van der Waals surface area contributed by atoms with Crippen LogP contribution in [0.1, 0.15) is 28.8 Å². The molecule has 3 rings (SSSR count). The number of nitrogens with two attached hydrogens (primary N) is 1. The minimum Gasteiger partial charge on any atom is -0.366 e. The maximum absolute atomic E-state index is 11.0. The monoisotopic (exact) mass is 283 g/mol. The molecule has 2 aromatic rings. The Morgan fingerprint density at radius 3 is 2.25 bits per heavy atom. The van der Waals surface area contributed by atoms with Gasteiger partial charge in [0.25, 0.3) is 0 Å². The van der Waals surface area contributed by atoms with Crippen molar-refractivity contribution in [2.24, 2.45) is 5.73 Å². The van der Waals surface area contributed by atoms with Crippen LogP contribution in [-0.4, -0.2) is 11.7 Å². The highest BCUT2D eigenvalue weighted by molar-refractivity contribution is 7.99. The molecule has 20 heavy (non-hydrogen) atoms. The van der Waals surface area contributed by atoms with Gasteiger partial charge in [-0.15, -0.1) is 11.8 Å². The number of hydrogen-bond acceptors (Lipinski definition) is 2. The van der Waals surface area contributed by atoms with Crippen molar-refractivity contribution in [3.05, 3.63) is 65.7 Å². The second-order valence-electron chi connectivity index (χ2n) is 5.32. The number of amides is 1. The normalized spacial score (nSPS) is 15.8. The highest BCUT2D eigenvalue weighted by Crippen LogP contribution is 2.51. The average molecular weight is 283 g/mol. The topological polar surface area (TPSA) is 43.1 Å². The summed E-state index contributed by atoms with van der Waals surface area (Å²) in [6, 6.07) is 18.3. The van der Waals surface area contributed by atoms with Gasteiger partial charge in [-0.3, -0.25) is 4.79 Å². The number of hydrogen-bond donors (Lipinski definition) is 1. The molecule has 0 atom stereocenters. The van der Waals surface area contributed by atoms with Crippen LogP contribution in [0.2, 0.25) is 0 Å². The van der Waals surface area contributed by atoms with Crippen molar-refractivity contribution in [1.29, 1.82) is 0 Å². The molecule has 1 aliphatic carbocycles. The van der Waals surface area contributed by atoms with Crippen LogP contribution in [-0.2, 0) is 5.41 Å². The summed E-state index contributed by atoms with van der Waals surface area (Å²) < 4.78 is 0. The van der Waals surface area contributed by atoms with Crippen molar-refractivity contribution in [2.75, 3.05) is 5.75 Å². The van der Waals surface area contributed by atoms with E-state index in [0.717, 1.165) is 5.75 Å². The van der Waals surface area contributed by atoms with E-state index in [4.69, 9.17) is 5.73 Å². The second kappa shape index (κ2) is 5.33. The third kappa shape index (κ3) is 2.73. The van der Waals surface area contributed by atoms with E-state index in [9.17, 15) is 4.79 Å². The number of carbonyl (C=O) groups excluding carboxylic acids is 1. The van der Waals surface area contributed by atoms with E-state index >= 15 is 0 Å². The lowest BCUT2D eigenvalue weighted by atomic mass is 9.99. The Morgan fingerprint density at radius 1 is 1.05 bits per heavy atom. The molecule has 0 radical (unpaired) electrons. The summed E-state index contributed by atoms with van der Waals surface area (Å²) in [6.07, 6.45) is 2.53. The third-order valence-electron chi connectivity index (χ3n) is 3.89. The molecule has 0 spiro atoms. The van der Waals surface area contributed by atoms with Crippen LogP contribution in [0.3, 0.4) is 0 Å². The summed E-state index contributed by atoms with van der Waals surface area (Å²) in [5, 5.41) is 0. The summed E-state index contributed by atoms with van der Waals surface area (Å²) in [5.74, 6) is 0.719. The zero-order valence-electron chi connectivity index (χ0n) is 11.2. The molecule has 2 N–H and O–H groups in total. The van der Waals surface area contributed by atoms with E-state index in [1.807, 2.05) is 23.9 Å². The Morgan fingerprint density at radius 2 is 1.70 bits per heavy atom. The predicted octanol–water partition coefficient (Wildman–Crippen LogP) is 3.61. The zero-order valence-corrected chi connectivity index (χ0v) is 12.0. The first-order chi connectivity index (χ1) is 9.70. The molecule has 0 aliphatic heterocycles. The summed E-state index contributed by atoms with van der Waals surface area (Å²) in [4.78, 5) is 12.2. The maximum Gasteiger partial charge on any atom is 0.248 e. The molecule has 0 heterocycles. The first-order valence-corrected chi connectivity index (χ1v) is 7.76. The SMILES string of the molecule is NC(=O)c1ccc(SCC2(c3ccccc3)CC2)cc1. The van der Waals surface area contributed by atoms with E-state index in [1.165, 1.54) is 23.3 Å². The van der Waals surface area contributed by atoms with Gasteiger partial charge in [0.15, 0.2) is 0 Å². The van der Waals surface area contributed by atoms with Crippen molar-refractivity contribution in [3.63, 3.8) is 0 Å². The Hall–Kier alpha value is -1.74. The van der Waals surface area contributed by atoms with Crippen LogP contribution in [0.4, 0.5) is 0 Å². The summed E-state index contributed by atoms with van der Waals surface area (Å²) in [6.45, 7) is 0. The van der Waals surface area contributed by atoms with Crippen molar-refractivity contribution in [2.45, 2.75) is 23.2 Å². The van der Waals surface area contributed by atoms with Crippen molar-refractivity contribution in [3.8, 4) is 0 Å². The van der Waals surface area contributed by atoms with Crippen LogP contribution >= 0.6 is 11.8 Å². The van der Waals surface area contributed by atoms with E-state index in [-0.39, 0.29) is 5.91 Å². The molecule has 1 fully saturated rings. The predicted molar refractivity (Wildman–Crippen MR) is 83.0 cm³/mol. The molecule has 1 amide bonds. The molecule has 0 aromatic heterocycles. The van der Waals surface area contributed by atoms with Crippen LogP contribution in [0.25, 0.3) is 0 Å². The molecule has 102 valence electrons. The largest absolute Gasteiger partial charge is 0.366 e. The summed E-state index contributed by atoms with van der Waals surface area (Å²) >= 11 is 1.85. The molecular weight excluding hydrogens is 266 g/mol. The van der Waals surface area contributed by atoms with Gasteiger partial charge in [-0.05, 0) is 42.7 Å². The van der Waals surface area contributed by atoms with Gasteiger partial charge in [-0.1, -0.05) is 30.3 Å². The second-order valence-corrected chi connectivity index (χ2v) is 6.37. The molecule has 2 nitrogen and oxygen atoms in total. The third-order valence-corrected chi connectivity index (χ3v) is 5.20. The smallest absolute Gasteiger partial charge is 0.248 e. The molecule has 0 unspecified atom stereocenters. The van der Waals surface area contributed by atoms with Crippen molar-refractivity contribution >= 4 is 17.7 Å². The Kier molecular flexibility index (Phi) is 3.53. The quantitative estimate of drug-likeness (QED) is 0.852. The van der Waals surface area contributed by atoms with Gasteiger partial charge in [0, 0.05) is 21.6 Å². The number of primary amides is 1. The summed E-state index contributed by atoms with van der Waals surface area (Å²) in [5.41, 5.74) is 7.62. The number of benzene rings is 2. The standard InChI is InChI=1S/C17H17NOS/c18-16(19)13-6-8-15(9-7-13)20-12-17(10-11-17)14-4-2-1-3-5-14/h1-9H,10-12H2,(H2,18,19). The van der Waals surface area contributed by atoms with E-state index in [0.29, 0.717) is 11.0 Å². The minimum atomic E-state index is -0.371. The van der Waals surface area contributed by atoms with E-state index in [1.54, 1.807) is 12.1 Å². The maximum atomic E-state index is 11.0. The van der Waals surface area contributed by atoms with Gasteiger partial charge in [-0.2, -0.15) is 0 Å². The van der Waals surface area contributed by atoms with Gasteiger partial charge in [0.05, 0.1) is 0 Å². The highest BCUT2D eigenvalue weighted by atomic mass is 32.2. The van der Waals surface area contributed by atoms with Crippen molar-refractivity contribution < 1.29 is 4.79 Å². The molecule has 1 aliphatic rings. The lowest BCUT2D eigenvalue weighted by Crippen LogP contribution is -2.11. The Bertz CT molecular complexity index is 603. The number of carbonyl (C=O) groups is 1. The molecule has 3 heteroatoms. The van der Waals surface area contributed by atoms with Crippen LogP contribution in [0.15, 0.2) is 59.5 Å². The fraction of sp³-hybridized carbons (Fsp3) is 0.235. The van der Waals surface area contributed by atoms with E-state index in [2.05, 4.69) is 30.3 Å². The first-order valence-electron chi connectivity index (χ1n) is 6.78. The molecule has 0 saturated heterocycles. The summed E-state index contributed by atoms with van der Waals surface area (Å²) in [7, 11) is 0. The van der Waals surface area contributed by atoms with Gasteiger partial charge in [-0.25, -0.2) is 0 Å². The molecular formula is C17H17NOS. The van der Waals surface area contributed by atoms with E-state index < -0.39 is 0 Å².